The first-order valence-electron chi connectivity index (χ1n) is 7.03. The topological polar surface area (TPSA) is 32.8 Å². The molecule has 1 amide bonds. The van der Waals surface area contributed by atoms with Gasteiger partial charge in [-0.15, -0.1) is 13.2 Å². The van der Waals surface area contributed by atoms with Gasteiger partial charge in [0.2, 0.25) is 5.91 Å². The molecular weight excluding hydrogens is 297 g/mol. The molecule has 4 nitrogen and oxygen atoms in total. The average molecular weight is 316 g/mol. The van der Waals surface area contributed by atoms with Gasteiger partial charge in [-0.2, -0.15) is 0 Å². The number of alkyl halides is 3. The van der Waals surface area contributed by atoms with Gasteiger partial charge in [-0.1, -0.05) is 12.1 Å². The van der Waals surface area contributed by atoms with Gasteiger partial charge in [0.25, 0.3) is 0 Å². The quantitative estimate of drug-likeness (QED) is 0.856. The molecule has 7 heteroatoms. The van der Waals surface area contributed by atoms with Crippen LogP contribution in [0.2, 0.25) is 0 Å². The predicted molar refractivity (Wildman–Crippen MR) is 75.3 cm³/mol. The predicted octanol–water partition coefficient (Wildman–Crippen LogP) is 2.64. The van der Waals surface area contributed by atoms with Gasteiger partial charge in [-0.05, 0) is 31.2 Å². The lowest BCUT2D eigenvalue weighted by Crippen LogP contribution is -2.47. The van der Waals surface area contributed by atoms with E-state index in [0.717, 1.165) is 12.0 Å². The van der Waals surface area contributed by atoms with Crippen LogP contribution in [-0.2, 0) is 11.3 Å². The van der Waals surface area contributed by atoms with Gasteiger partial charge in [-0.3, -0.25) is 9.69 Å². The van der Waals surface area contributed by atoms with E-state index < -0.39 is 6.36 Å². The summed E-state index contributed by atoms with van der Waals surface area (Å²) in [5, 5.41) is 0. The molecule has 1 aromatic carbocycles. The van der Waals surface area contributed by atoms with Crippen molar-refractivity contribution in [3.63, 3.8) is 0 Å². The molecular formula is C15H19F3N2O2. The minimum atomic E-state index is -4.67. The van der Waals surface area contributed by atoms with Gasteiger partial charge < -0.3 is 9.64 Å². The molecule has 1 aromatic rings. The zero-order valence-electron chi connectivity index (χ0n) is 12.6. The molecule has 0 radical (unpaired) electrons. The Labute approximate surface area is 127 Å². The Bertz CT molecular complexity index is 517. The first-order chi connectivity index (χ1) is 10.2. The van der Waals surface area contributed by atoms with Crippen LogP contribution in [-0.4, -0.2) is 48.8 Å². The molecule has 1 aliphatic heterocycles. The smallest absolute Gasteiger partial charge is 0.406 e. The van der Waals surface area contributed by atoms with E-state index >= 15 is 0 Å². The molecule has 0 N–H and O–H groups in total. The fourth-order valence-corrected chi connectivity index (χ4v) is 2.56. The molecule has 122 valence electrons. The van der Waals surface area contributed by atoms with Gasteiger partial charge in [-0.25, -0.2) is 0 Å². The van der Waals surface area contributed by atoms with Crippen molar-refractivity contribution in [3.8, 4) is 5.75 Å². The summed E-state index contributed by atoms with van der Waals surface area (Å²) >= 11 is 0. The number of hydrogen-bond acceptors (Lipinski definition) is 3. The van der Waals surface area contributed by atoms with E-state index in [-0.39, 0.29) is 17.7 Å². The lowest BCUT2D eigenvalue weighted by Gasteiger charge is -2.35. The molecule has 0 unspecified atom stereocenters. The van der Waals surface area contributed by atoms with Gasteiger partial charge >= 0.3 is 6.36 Å². The number of halogens is 3. The van der Waals surface area contributed by atoms with Crippen molar-refractivity contribution < 1.29 is 22.7 Å². The normalized spacial score (nSPS) is 19.6. The number of rotatable bonds is 4. The van der Waals surface area contributed by atoms with Gasteiger partial charge in [0.15, 0.2) is 0 Å². The van der Waals surface area contributed by atoms with Crippen LogP contribution in [0.4, 0.5) is 13.2 Å². The first kappa shape index (κ1) is 16.6. The Morgan fingerprint density at radius 3 is 2.50 bits per heavy atom. The van der Waals surface area contributed by atoms with Crippen molar-refractivity contribution in [2.45, 2.75) is 31.8 Å². The monoisotopic (exact) mass is 316 g/mol. The third-order valence-corrected chi connectivity index (χ3v) is 3.81. The standard InChI is InChI=1S/C15H19F3N2O2/c1-19(12-5-8-14(21)20(2)10-12)9-11-3-6-13(7-4-11)22-15(16,17)18/h3-4,6-7,12H,5,8-10H2,1-2H3/t12-/m1/s1. The Morgan fingerprint density at radius 2 is 1.95 bits per heavy atom. The number of benzene rings is 1. The zero-order chi connectivity index (χ0) is 16.3. The van der Waals surface area contributed by atoms with Crippen molar-refractivity contribution in [3.05, 3.63) is 29.8 Å². The van der Waals surface area contributed by atoms with Crippen molar-refractivity contribution in [2.75, 3.05) is 20.6 Å². The van der Waals surface area contributed by atoms with Crippen LogP contribution in [0.1, 0.15) is 18.4 Å². The third-order valence-electron chi connectivity index (χ3n) is 3.81. The zero-order valence-corrected chi connectivity index (χ0v) is 12.6. The van der Waals surface area contributed by atoms with Crippen LogP contribution in [0, 0.1) is 0 Å². The summed E-state index contributed by atoms with van der Waals surface area (Å²) in [4.78, 5) is 15.3. The number of amides is 1. The summed E-state index contributed by atoms with van der Waals surface area (Å²) in [5.41, 5.74) is 0.900. The summed E-state index contributed by atoms with van der Waals surface area (Å²) in [7, 11) is 3.74. The number of ether oxygens (including phenoxy) is 1. The molecule has 0 aliphatic carbocycles. The molecule has 1 saturated heterocycles. The second kappa shape index (κ2) is 6.56. The molecule has 22 heavy (non-hydrogen) atoms. The van der Waals surface area contributed by atoms with E-state index in [1.165, 1.54) is 12.1 Å². The van der Waals surface area contributed by atoms with Crippen LogP contribution in [0.25, 0.3) is 0 Å². The maximum atomic E-state index is 12.1. The Morgan fingerprint density at radius 1 is 1.32 bits per heavy atom. The molecule has 0 aromatic heterocycles. The third kappa shape index (κ3) is 4.62. The molecule has 0 spiro atoms. The van der Waals surface area contributed by atoms with Gasteiger partial charge in [0.1, 0.15) is 5.75 Å². The Kier molecular flexibility index (Phi) is 4.95. The van der Waals surface area contributed by atoms with E-state index in [1.54, 1.807) is 24.1 Å². The SMILES string of the molecule is CN1C[C@H](N(C)Cc2ccc(OC(F)(F)F)cc2)CCC1=O. The van der Waals surface area contributed by atoms with E-state index in [0.29, 0.717) is 19.5 Å². The lowest BCUT2D eigenvalue weighted by molar-refractivity contribution is -0.274. The van der Waals surface area contributed by atoms with E-state index in [2.05, 4.69) is 9.64 Å². The van der Waals surface area contributed by atoms with Crippen molar-refractivity contribution in [2.24, 2.45) is 0 Å². The number of hydrogen-bond donors (Lipinski definition) is 0. The number of piperidine rings is 1. The van der Waals surface area contributed by atoms with Crippen LogP contribution < -0.4 is 4.74 Å². The van der Waals surface area contributed by atoms with E-state index in [9.17, 15) is 18.0 Å². The molecule has 1 aliphatic rings. The lowest BCUT2D eigenvalue weighted by atomic mass is 10.0. The maximum Gasteiger partial charge on any atom is 0.573 e. The molecule has 0 saturated carbocycles. The highest BCUT2D eigenvalue weighted by Gasteiger charge is 2.31. The van der Waals surface area contributed by atoms with Crippen LogP contribution in [0.3, 0.4) is 0 Å². The summed E-state index contributed by atoms with van der Waals surface area (Å²) < 4.78 is 40.1. The van der Waals surface area contributed by atoms with Gasteiger partial charge in [0, 0.05) is 32.6 Å². The Balaban J connectivity index is 1.91. The number of carbonyl (C=O) groups excluding carboxylic acids is 1. The number of likely N-dealkylation sites (N-methyl/N-ethyl adjacent to an activating group) is 2. The highest BCUT2D eigenvalue weighted by molar-refractivity contribution is 5.76. The highest BCUT2D eigenvalue weighted by atomic mass is 19.4. The summed E-state index contributed by atoms with van der Waals surface area (Å²) in [6.07, 6.45) is -3.34. The molecule has 2 rings (SSSR count). The van der Waals surface area contributed by atoms with Crippen LogP contribution in [0.15, 0.2) is 24.3 Å². The van der Waals surface area contributed by atoms with Crippen molar-refractivity contribution in [1.29, 1.82) is 0 Å². The second-order valence-corrected chi connectivity index (χ2v) is 5.57. The van der Waals surface area contributed by atoms with Crippen molar-refractivity contribution in [1.82, 2.24) is 9.80 Å². The fraction of sp³-hybridized carbons (Fsp3) is 0.533. The van der Waals surface area contributed by atoms with Crippen molar-refractivity contribution >= 4 is 5.91 Å². The molecule has 1 heterocycles. The Hall–Kier alpha value is -1.76. The second-order valence-electron chi connectivity index (χ2n) is 5.57. The summed E-state index contributed by atoms with van der Waals surface area (Å²) in [6, 6.07) is 6.12. The summed E-state index contributed by atoms with van der Waals surface area (Å²) in [5.74, 6) is -0.0693. The van der Waals surface area contributed by atoms with Gasteiger partial charge in [0.05, 0.1) is 0 Å². The van der Waals surface area contributed by atoms with E-state index in [4.69, 9.17) is 0 Å². The minimum Gasteiger partial charge on any atom is -0.406 e. The number of carbonyl (C=O) groups is 1. The molecule has 1 atom stereocenters. The van der Waals surface area contributed by atoms with Crippen LogP contribution >= 0.6 is 0 Å². The minimum absolute atomic E-state index is 0.151. The largest absolute Gasteiger partial charge is 0.573 e. The number of likely N-dealkylation sites (tertiary alicyclic amines) is 1. The fourth-order valence-electron chi connectivity index (χ4n) is 2.56. The summed E-state index contributed by atoms with van der Waals surface area (Å²) in [6.45, 7) is 1.28. The average Bonchev–Trinajstić information content (AvgIpc) is 2.42. The maximum absolute atomic E-state index is 12.1. The molecule has 1 fully saturated rings. The first-order valence-corrected chi connectivity index (χ1v) is 7.03. The van der Waals surface area contributed by atoms with Crippen LogP contribution in [0.5, 0.6) is 5.75 Å². The molecule has 0 bridgehead atoms. The number of nitrogens with zero attached hydrogens (tertiary/aromatic N) is 2. The van der Waals surface area contributed by atoms with E-state index in [1.807, 2.05) is 7.05 Å². The highest BCUT2D eigenvalue weighted by Crippen LogP contribution is 2.23.